The molecule has 0 radical (unpaired) electrons. The van der Waals surface area contributed by atoms with Gasteiger partial charge in [0.25, 0.3) is 0 Å². The molecular weight excluding hydrogens is 226 g/mol. The van der Waals surface area contributed by atoms with Gasteiger partial charge in [0.05, 0.1) is 0 Å². The molecule has 0 heterocycles. The van der Waals surface area contributed by atoms with Gasteiger partial charge in [0.15, 0.2) is 0 Å². The maximum Gasteiger partial charge on any atom is 0.323 e. The predicted molar refractivity (Wildman–Crippen MR) is 74.7 cm³/mol. The Kier molecular flexibility index (Phi) is 5.64. The molecule has 0 spiro atoms. The number of rotatable bonds is 5. The molecule has 3 nitrogen and oxygen atoms in total. The van der Waals surface area contributed by atoms with Crippen LogP contribution in [0.2, 0.25) is 0 Å². The van der Waals surface area contributed by atoms with Crippen LogP contribution in [0.5, 0.6) is 0 Å². The Morgan fingerprint density at radius 3 is 2.50 bits per heavy atom. The minimum Gasteiger partial charge on any atom is -0.480 e. The van der Waals surface area contributed by atoms with Crippen molar-refractivity contribution in [3.63, 3.8) is 0 Å². The zero-order valence-corrected chi connectivity index (χ0v) is 12.3. The van der Waals surface area contributed by atoms with Crippen LogP contribution in [-0.4, -0.2) is 22.7 Å². The zero-order chi connectivity index (χ0) is 13.8. The van der Waals surface area contributed by atoms with E-state index in [1.807, 2.05) is 0 Å². The summed E-state index contributed by atoms with van der Waals surface area (Å²) in [7, 11) is 0. The van der Waals surface area contributed by atoms with E-state index in [0.717, 1.165) is 32.1 Å². The van der Waals surface area contributed by atoms with Gasteiger partial charge in [0.1, 0.15) is 5.54 Å². The maximum absolute atomic E-state index is 11.7. The third-order valence-electron chi connectivity index (χ3n) is 4.61. The van der Waals surface area contributed by atoms with Crippen molar-refractivity contribution < 1.29 is 9.90 Å². The van der Waals surface area contributed by atoms with Gasteiger partial charge in [-0.3, -0.25) is 10.1 Å². The van der Waals surface area contributed by atoms with Crippen molar-refractivity contribution in [3.8, 4) is 0 Å². The molecule has 1 rings (SSSR count). The van der Waals surface area contributed by atoms with E-state index in [1.54, 1.807) is 0 Å². The Morgan fingerprint density at radius 1 is 1.33 bits per heavy atom. The van der Waals surface area contributed by atoms with E-state index < -0.39 is 11.5 Å². The lowest BCUT2D eigenvalue weighted by molar-refractivity contribution is -0.146. The van der Waals surface area contributed by atoms with Crippen LogP contribution in [0.1, 0.15) is 66.2 Å². The summed E-state index contributed by atoms with van der Waals surface area (Å²) in [5, 5.41) is 13.0. The summed E-state index contributed by atoms with van der Waals surface area (Å²) in [6, 6.07) is 0.275. The highest BCUT2D eigenvalue weighted by Crippen LogP contribution is 2.34. The van der Waals surface area contributed by atoms with Crippen molar-refractivity contribution >= 4 is 5.97 Å². The smallest absolute Gasteiger partial charge is 0.323 e. The van der Waals surface area contributed by atoms with Crippen LogP contribution in [0.15, 0.2) is 0 Å². The van der Waals surface area contributed by atoms with Gasteiger partial charge in [-0.15, -0.1) is 0 Å². The van der Waals surface area contributed by atoms with Gasteiger partial charge >= 0.3 is 5.97 Å². The molecule has 0 aromatic heterocycles. The minimum absolute atomic E-state index is 0.275. The second-order valence-electron chi connectivity index (χ2n) is 6.28. The SMILES string of the molecule is CCC(C)NC1(C(=O)O)CCCC(C(C)C)CC1. The van der Waals surface area contributed by atoms with E-state index in [-0.39, 0.29) is 6.04 Å². The lowest BCUT2D eigenvalue weighted by Gasteiger charge is -2.32. The highest BCUT2D eigenvalue weighted by molar-refractivity contribution is 5.78. The quantitative estimate of drug-likeness (QED) is 0.740. The van der Waals surface area contributed by atoms with Crippen LogP contribution in [0, 0.1) is 11.8 Å². The first-order valence-electron chi connectivity index (χ1n) is 7.42. The first kappa shape index (κ1) is 15.5. The fraction of sp³-hybridized carbons (Fsp3) is 0.933. The minimum atomic E-state index is -0.681. The fourth-order valence-corrected chi connectivity index (χ4v) is 3.03. The van der Waals surface area contributed by atoms with E-state index in [1.165, 1.54) is 6.42 Å². The van der Waals surface area contributed by atoms with Gasteiger partial charge < -0.3 is 5.11 Å². The number of carboxylic acid groups (broad SMARTS) is 1. The van der Waals surface area contributed by atoms with Gasteiger partial charge in [-0.05, 0) is 44.4 Å². The van der Waals surface area contributed by atoms with E-state index in [2.05, 4.69) is 33.0 Å². The Bertz CT molecular complexity index is 278. The van der Waals surface area contributed by atoms with Crippen LogP contribution < -0.4 is 5.32 Å². The zero-order valence-electron chi connectivity index (χ0n) is 12.3. The summed E-state index contributed by atoms with van der Waals surface area (Å²) in [5.74, 6) is 0.690. The van der Waals surface area contributed by atoms with E-state index in [9.17, 15) is 9.90 Å². The van der Waals surface area contributed by atoms with Crippen molar-refractivity contribution in [2.75, 3.05) is 0 Å². The molecule has 0 bridgehead atoms. The van der Waals surface area contributed by atoms with Crippen LogP contribution in [0.4, 0.5) is 0 Å². The van der Waals surface area contributed by atoms with Crippen LogP contribution >= 0.6 is 0 Å². The van der Waals surface area contributed by atoms with E-state index in [4.69, 9.17) is 0 Å². The monoisotopic (exact) mass is 255 g/mol. The lowest BCUT2D eigenvalue weighted by Crippen LogP contribution is -2.55. The molecule has 1 aliphatic carbocycles. The van der Waals surface area contributed by atoms with Crippen molar-refractivity contribution in [2.24, 2.45) is 11.8 Å². The van der Waals surface area contributed by atoms with Gasteiger partial charge in [-0.2, -0.15) is 0 Å². The molecular formula is C15H29NO2. The molecule has 18 heavy (non-hydrogen) atoms. The van der Waals surface area contributed by atoms with Gasteiger partial charge in [-0.25, -0.2) is 0 Å². The summed E-state index contributed by atoms with van der Waals surface area (Å²) < 4.78 is 0. The summed E-state index contributed by atoms with van der Waals surface area (Å²) in [6.07, 6.45) is 5.76. The lowest BCUT2D eigenvalue weighted by atomic mass is 9.86. The number of carboxylic acids is 1. The average molecular weight is 255 g/mol. The fourth-order valence-electron chi connectivity index (χ4n) is 3.03. The molecule has 1 aliphatic rings. The third kappa shape index (κ3) is 3.71. The van der Waals surface area contributed by atoms with Crippen molar-refractivity contribution in [2.45, 2.75) is 77.8 Å². The third-order valence-corrected chi connectivity index (χ3v) is 4.61. The predicted octanol–water partition coefficient (Wildman–Crippen LogP) is 3.43. The standard InChI is InChI=1S/C15H29NO2/c1-5-12(4)16-15(14(17)18)9-6-7-13(8-10-15)11(2)3/h11-13,16H,5-10H2,1-4H3,(H,17,18). The van der Waals surface area contributed by atoms with Crippen LogP contribution in [0.3, 0.4) is 0 Å². The van der Waals surface area contributed by atoms with Crippen molar-refractivity contribution in [1.82, 2.24) is 5.32 Å². The normalized spacial score (nSPS) is 31.1. The second-order valence-corrected chi connectivity index (χ2v) is 6.28. The van der Waals surface area contributed by atoms with Crippen LogP contribution in [0.25, 0.3) is 0 Å². The Hall–Kier alpha value is -0.570. The van der Waals surface area contributed by atoms with Gasteiger partial charge in [-0.1, -0.05) is 33.6 Å². The van der Waals surface area contributed by atoms with Crippen molar-refractivity contribution in [1.29, 1.82) is 0 Å². The molecule has 1 saturated carbocycles. The molecule has 2 N–H and O–H groups in total. The maximum atomic E-state index is 11.7. The first-order chi connectivity index (χ1) is 8.41. The molecule has 3 atom stereocenters. The number of hydrogen-bond acceptors (Lipinski definition) is 2. The topological polar surface area (TPSA) is 49.3 Å². The number of nitrogens with one attached hydrogen (secondary N) is 1. The molecule has 0 aliphatic heterocycles. The van der Waals surface area contributed by atoms with Crippen molar-refractivity contribution in [3.05, 3.63) is 0 Å². The highest BCUT2D eigenvalue weighted by atomic mass is 16.4. The summed E-state index contributed by atoms with van der Waals surface area (Å²) in [5.41, 5.74) is -0.681. The Labute approximate surface area is 111 Å². The molecule has 3 heteroatoms. The van der Waals surface area contributed by atoms with E-state index >= 15 is 0 Å². The molecule has 1 fully saturated rings. The highest BCUT2D eigenvalue weighted by Gasteiger charge is 2.40. The number of carbonyl (C=O) groups is 1. The van der Waals surface area contributed by atoms with Gasteiger partial charge in [0.2, 0.25) is 0 Å². The molecule has 3 unspecified atom stereocenters. The van der Waals surface area contributed by atoms with Gasteiger partial charge in [0, 0.05) is 6.04 Å². The number of hydrogen-bond donors (Lipinski definition) is 2. The van der Waals surface area contributed by atoms with E-state index in [0.29, 0.717) is 11.8 Å². The summed E-state index contributed by atoms with van der Waals surface area (Å²) >= 11 is 0. The largest absolute Gasteiger partial charge is 0.480 e. The molecule has 106 valence electrons. The molecule has 0 aromatic carbocycles. The first-order valence-corrected chi connectivity index (χ1v) is 7.42. The van der Waals surface area contributed by atoms with Crippen LogP contribution in [-0.2, 0) is 4.79 Å². The number of aliphatic carboxylic acids is 1. The Balaban J connectivity index is 2.76. The molecule has 0 aromatic rings. The molecule has 0 saturated heterocycles. The summed E-state index contributed by atoms with van der Waals surface area (Å²) in [4.78, 5) is 11.7. The molecule has 0 amide bonds. The second kappa shape index (κ2) is 6.55. The Morgan fingerprint density at radius 2 is 2.00 bits per heavy atom. The average Bonchev–Trinajstić information content (AvgIpc) is 2.52. The summed E-state index contributed by atoms with van der Waals surface area (Å²) in [6.45, 7) is 8.68.